The summed E-state index contributed by atoms with van der Waals surface area (Å²) in [7, 11) is 0. The summed E-state index contributed by atoms with van der Waals surface area (Å²) in [4.78, 5) is 45.9. The number of hydrogen-bond donors (Lipinski definition) is 3. The number of amides is 3. The van der Waals surface area contributed by atoms with Gasteiger partial charge in [0.2, 0.25) is 5.91 Å². The van der Waals surface area contributed by atoms with Crippen molar-refractivity contribution in [3.63, 3.8) is 0 Å². The summed E-state index contributed by atoms with van der Waals surface area (Å²) < 4.78 is 0.896. The molecule has 7 rings (SSSR count). The first-order valence-corrected chi connectivity index (χ1v) is 19.2. The van der Waals surface area contributed by atoms with Crippen molar-refractivity contribution >= 4 is 84.4 Å². The number of nitrogens with zero attached hydrogens (tertiary/aromatic N) is 1. The highest BCUT2D eigenvalue weighted by Crippen LogP contribution is 2.37. The maximum absolute atomic E-state index is 13.8. The Morgan fingerprint density at radius 3 is 2.13 bits per heavy atom. The topological polar surface area (TPSA) is 100 Å². The van der Waals surface area contributed by atoms with E-state index in [1.165, 1.54) is 23.1 Å². The molecule has 0 bridgehead atoms. The van der Waals surface area contributed by atoms with Gasteiger partial charge in [-0.05, 0) is 82.6 Å². The normalized spacial score (nSPS) is 11.8. The average molecular weight is 796 g/mol. The molecule has 7 nitrogen and oxygen atoms in total. The van der Waals surface area contributed by atoms with Crippen molar-refractivity contribution in [2.45, 2.75) is 10.1 Å². The first-order chi connectivity index (χ1) is 25.9. The van der Waals surface area contributed by atoms with Crippen LogP contribution in [0.4, 0.5) is 10.8 Å². The van der Waals surface area contributed by atoms with Crippen LogP contribution in [0.25, 0.3) is 28.1 Å². The van der Waals surface area contributed by atoms with E-state index >= 15 is 0 Å². The van der Waals surface area contributed by atoms with Crippen LogP contribution in [0, 0.1) is 0 Å². The molecular weight excluding hydrogens is 765 g/mol. The van der Waals surface area contributed by atoms with Gasteiger partial charge in [-0.2, -0.15) is 0 Å². The van der Waals surface area contributed by atoms with E-state index in [1.807, 2.05) is 96.4 Å². The van der Waals surface area contributed by atoms with Crippen LogP contribution in [0.2, 0.25) is 0 Å². The Balaban J connectivity index is 1.06. The zero-order valence-electron chi connectivity index (χ0n) is 28.0. The summed E-state index contributed by atoms with van der Waals surface area (Å²) in [6.45, 7) is 0. The summed E-state index contributed by atoms with van der Waals surface area (Å²) in [6.07, 6.45) is 1.63. The van der Waals surface area contributed by atoms with Gasteiger partial charge in [0.1, 0.15) is 10.9 Å². The molecule has 0 aliphatic heterocycles. The molecule has 260 valence electrons. The molecule has 3 N–H and O–H groups in total. The first-order valence-electron chi connectivity index (χ1n) is 16.6. The molecule has 0 aliphatic carbocycles. The minimum atomic E-state index is -0.571. The minimum absolute atomic E-state index is 0.0893. The van der Waals surface area contributed by atoms with Crippen molar-refractivity contribution in [2.75, 3.05) is 10.6 Å². The number of nitrogens with one attached hydrogen (secondary N) is 3. The van der Waals surface area contributed by atoms with E-state index in [2.05, 4.69) is 56.1 Å². The Hall–Kier alpha value is -5.81. The predicted octanol–water partition coefficient (Wildman–Crippen LogP) is 10.6. The van der Waals surface area contributed by atoms with Gasteiger partial charge >= 0.3 is 0 Å². The average Bonchev–Trinajstić information content (AvgIpc) is 3.67. The molecule has 0 saturated heterocycles. The second kappa shape index (κ2) is 16.7. The van der Waals surface area contributed by atoms with Crippen LogP contribution in [-0.2, 0) is 9.59 Å². The van der Waals surface area contributed by atoms with Crippen molar-refractivity contribution in [3.05, 3.63) is 184 Å². The van der Waals surface area contributed by atoms with Crippen LogP contribution in [0.5, 0.6) is 0 Å². The minimum Gasteiger partial charge on any atom is -0.321 e. The number of thioether (sulfide) groups is 1. The molecule has 1 aromatic heterocycles. The molecule has 7 aromatic rings. The number of carbonyl (C=O) groups is 3. The largest absolute Gasteiger partial charge is 0.321 e. The fraction of sp³-hybridized carbons (Fsp3) is 0.0233. The van der Waals surface area contributed by atoms with Gasteiger partial charge in [-0.25, -0.2) is 4.98 Å². The van der Waals surface area contributed by atoms with E-state index in [4.69, 9.17) is 4.98 Å². The van der Waals surface area contributed by atoms with Crippen LogP contribution >= 0.6 is 39.0 Å². The summed E-state index contributed by atoms with van der Waals surface area (Å²) >= 11 is 6.21. The first kappa shape index (κ1) is 35.6. The number of anilines is 2. The Labute approximate surface area is 323 Å². The van der Waals surface area contributed by atoms with Crippen molar-refractivity contribution in [2.24, 2.45) is 0 Å². The Kier molecular flexibility index (Phi) is 11.2. The number of carbonyl (C=O) groups excluding carboxylic acids is 3. The summed E-state index contributed by atoms with van der Waals surface area (Å²) in [5, 5.41) is 12.9. The fourth-order valence-electron chi connectivity index (χ4n) is 5.50. The molecule has 6 aromatic carbocycles. The Morgan fingerprint density at radius 1 is 0.717 bits per heavy atom. The van der Waals surface area contributed by atoms with Crippen LogP contribution in [-0.4, -0.2) is 22.7 Å². The van der Waals surface area contributed by atoms with Crippen molar-refractivity contribution in [1.82, 2.24) is 10.3 Å². The van der Waals surface area contributed by atoms with Gasteiger partial charge in [0.05, 0.1) is 5.69 Å². The number of hydrogen-bond acceptors (Lipinski definition) is 6. The SMILES string of the molecule is O=C(Nc1ccc(SC(C(=O)Nc2nc(-c3ccc4ccccc4c3)cs2)c2ccccc2)cc1)/C(=C/c1ccc(Br)cc1)NC(=O)c1ccccc1. The van der Waals surface area contributed by atoms with Crippen LogP contribution in [0.1, 0.15) is 26.7 Å². The number of aromatic nitrogens is 1. The maximum atomic E-state index is 13.8. The lowest BCUT2D eigenvalue weighted by atomic mass is 10.1. The maximum Gasteiger partial charge on any atom is 0.272 e. The molecule has 1 unspecified atom stereocenters. The van der Waals surface area contributed by atoms with E-state index in [0.717, 1.165) is 42.5 Å². The van der Waals surface area contributed by atoms with Gasteiger partial charge in [-0.1, -0.05) is 113 Å². The molecule has 0 aliphatic rings. The number of benzene rings is 6. The second-order valence-electron chi connectivity index (χ2n) is 11.9. The molecule has 0 fully saturated rings. The zero-order chi connectivity index (χ0) is 36.6. The van der Waals surface area contributed by atoms with Crippen LogP contribution < -0.4 is 16.0 Å². The lowest BCUT2D eigenvalue weighted by Gasteiger charge is -2.17. The Morgan fingerprint density at radius 2 is 1.40 bits per heavy atom. The highest BCUT2D eigenvalue weighted by Gasteiger charge is 2.24. The number of halogens is 1. The van der Waals surface area contributed by atoms with E-state index in [0.29, 0.717) is 16.4 Å². The van der Waals surface area contributed by atoms with Crippen molar-refractivity contribution in [3.8, 4) is 11.3 Å². The molecule has 3 amide bonds. The third-order valence-electron chi connectivity index (χ3n) is 8.20. The third kappa shape index (κ3) is 9.17. The third-order valence-corrected chi connectivity index (χ3v) is 10.7. The van der Waals surface area contributed by atoms with Crippen LogP contribution in [0.3, 0.4) is 0 Å². The molecule has 1 heterocycles. The van der Waals surface area contributed by atoms with Crippen molar-refractivity contribution in [1.29, 1.82) is 0 Å². The molecule has 10 heteroatoms. The lowest BCUT2D eigenvalue weighted by molar-refractivity contribution is -0.116. The molecule has 53 heavy (non-hydrogen) atoms. The highest BCUT2D eigenvalue weighted by molar-refractivity contribution is 9.10. The molecular formula is C43H31BrN4O3S2. The predicted molar refractivity (Wildman–Crippen MR) is 220 cm³/mol. The monoisotopic (exact) mass is 794 g/mol. The molecule has 1 atom stereocenters. The van der Waals surface area contributed by atoms with E-state index in [-0.39, 0.29) is 11.6 Å². The van der Waals surface area contributed by atoms with Crippen molar-refractivity contribution < 1.29 is 14.4 Å². The van der Waals surface area contributed by atoms with Gasteiger partial charge in [0.25, 0.3) is 11.8 Å². The van der Waals surface area contributed by atoms with Gasteiger partial charge in [0.15, 0.2) is 5.13 Å². The summed E-state index contributed by atoms with van der Waals surface area (Å²) in [6, 6.07) is 47.4. The van der Waals surface area contributed by atoms with E-state index in [1.54, 1.807) is 42.5 Å². The smallest absolute Gasteiger partial charge is 0.272 e. The van der Waals surface area contributed by atoms with Gasteiger partial charge in [0, 0.05) is 31.6 Å². The fourth-order valence-corrected chi connectivity index (χ4v) is 7.52. The molecule has 0 saturated carbocycles. The van der Waals surface area contributed by atoms with E-state index < -0.39 is 17.1 Å². The van der Waals surface area contributed by atoms with Gasteiger partial charge < -0.3 is 16.0 Å². The van der Waals surface area contributed by atoms with Gasteiger partial charge in [-0.15, -0.1) is 23.1 Å². The number of rotatable bonds is 11. The lowest BCUT2D eigenvalue weighted by Crippen LogP contribution is -2.30. The Bertz CT molecular complexity index is 2420. The number of fused-ring (bicyclic) bond motifs is 1. The summed E-state index contributed by atoms with van der Waals surface area (Å²) in [5.41, 5.74) is 4.41. The summed E-state index contributed by atoms with van der Waals surface area (Å²) in [5.74, 6) is -1.08. The van der Waals surface area contributed by atoms with Gasteiger partial charge in [-0.3, -0.25) is 14.4 Å². The zero-order valence-corrected chi connectivity index (χ0v) is 31.3. The highest BCUT2D eigenvalue weighted by atomic mass is 79.9. The number of thiazole rings is 1. The second-order valence-corrected chi connectivity index (χ2v) is 14.9. The van der Waals surface area contributed by atoms with Crippen LogP contribution in [0.15, 0.2) is 172 Å². The molecule has 0 spiro atoms. The van der Waals surface area contributed by atoms with E-state index in [9.17, 15) is 14.4 Å². The quantitative estimate of drug-likeness (QED) is 0.0894. The standard InChI is InChI=1S/C43H31BrN4O3S2/c44-34-19-15-28(16-20-34)25-37(46-40(49)31-12-5-2-6-13-31)41(50)45-35-21-23-36(24-22-35)53-39(30-10-3-1-4-11-30)42(51)48-43-47-38(27-52-43)33-18-17-29-9-7-8-14-32(29)26-33/h1-27,39H,(H,45,50)(H,46,49)(H,47,48,51)/b37-25-. The molecule has 0 radical (unpaired) electrons.